The maximum absolute atomic E-state index is 14.7. The Labute approximate surface area is 197 Å². The molecule has 0 radical (unpaired) electrons. The van der Waals surface area contributed by atoms with Crippen LogP contribution < -0.4 is 4.74 Å². The number of halogens is 3. The fourth-order valence-electron chi connectivity index (χ4n) is 5.26. The van der Waals surface area contributed by atoms with Crippen molar-refractivity contribution in [2.45, 2.75) is 38.0 Å². The lowest BCUT2D eigenvalue weighted by atomic mass is 9.98. The molecule has 178 valence electrons. The molecule has 2 aliphatic rings. The molecule has 2 aromatic heterocycles. The summed E-state index contributed by atoms with van der Waals surface area (Å²) in [6.45, 7) is 1.97. The van der Waals surface area contributed by atoms with Crippen LogP contribution in [0.3, 0.4) is 0 Å². The number of nitrogens with zero attached hydrogens (tertiary/aromatic N) is 6. The molecule has 6 rings (SSSR count). The van der Waals surface area contributed by atoms with Crippen LogP contribution in [0.15, 0.2) is 48.9 Å². The zero-order chi connectivity index (χ0) is 24.3. The Kier molecular flexibility index (Phi) is 4.94. The molecule has 8 nitrogen and oxygen atoms in total. The summed E-state index contributed by atoms with van der Waals surface area (Å²) in [4.78, 5) is 24.9. The summed E-state index contributed by atoms with van der Waals surface area (Å²) in [5.41, 5.74) is 0.523. The fraction of sp³-hybridized carbons (Fsp3) is 0.292. The third-order valence-corrected chi connectivity index (χ3v) is 6.89. The predicted molar refractivity (Wildman–Crippen MR) is 117 cm³/mol. The quantitative estimate of drug-likeness (QED) is 0.443. The first-order valence-electron chi connectivity index (χ1n) is 11.2. The van der Waals surface area contributed by atoms with Crippen LogP contribution in [0.2, 0.25) is 0 Å². The van der Waals surface area contributed by atoms with E-state index in [0.717, 1.165) is 23.4 Å². The summed E-state index contributed by atoms with van der Waals surface area (Å²) >= 11 is 0. The van der Waals surface area contributed by atoms with Crippen molar-refractivity contribution in [1.29, 1.82) is 0 Å². The second-order valence-electron chi connectivity index (χ2n) is 8.83. The summed E-state index contributed by atoms with van der Waals surface area (Å²) < 4.78 is 47.9. The minimum atomic E-state index is -1.02. The molecule has 2 fully saturated rings. The highest BCUT2D eigenvalue weighted by Gasteiger charge is 2.53. The van der Waals surface area contributed by atoms with Crippen molar-refractivity contribution < 1.29 is 22.7 Å². The van der Waals surface area contributed by atoms with Gasteiger partial charge < -0.3 is 9.64 Å². The first kappa shape index (κ1) is 21.5. The van der Waals surface area contributed by atoms with Gasteiger partial charge in [-0.15, -0.1) is 4.80 Å². The van der Waals surface area contributed by atoms with Gasteiger partial charge in [0, 0.05) is 18.2 Å². The summed E-state index contributed by atoms with van der Waals surface area (Å²) in [5.74, 6) is -2.62. The molecule has 0 N–H and O–H groups in total. The summed E-state index contributed by atoms with van der Waals surface area (Å²) in [7, 11) is 0. The average Bonchev–Trinajstić information content (AvgIpc) is 3.57. The van der Waals surface area contributed by atoms with Crippen LogP contribution in [0, 0.1) is 23.4 Å². The van der Waals surface area contributed by atoms with Crippen molar-refractivity contribution in [3.8, 4) is 11.6 Å². The number of fused-ring (bicyclic) bond motifs is 3. The number of likely N-dealkylation sites (tertiary alicyclic amines) is 1. The molecular formula is C24H19F3N6O2. The molecule has 4 atom stereocenters. The Balaban J connectivity index is 1.29. The Hall–Kier alpha value is -4.02. The molecule has 2 aromatic carbocycles. The molecule has 1 amide bonds. The SMILES string of the molecule is C[C@@H]1[C@H]2C[C@@H](Oc3cnc4cc(F)c(F)cc4n3)[C@H](C2)N1C(=O)c1cccc(F)c1-n1nccn1. The molecule has 2 bridgehead atoms. The molecule has 11 heteroatoms. The minimum Gasteiger partial charge on any atom is -0.471 e. The largest absolute Gasteiger partial charge is 0.471 e. The van der Waals surface area contributed by atoms with Crippen LogP contribution in [0.25, 0.3) is 16.7 Å². The highest BCUT2D eigenvalue weighted by molar-refractivity contribution is 5.98. The second-order valence-corrected chi connectivity index (χ2v) is 8.83. The first-order valence-corrected chi connectivity index (χ1v) is 11.2. The number of rotatable bonds is 4. The smallest absolute Gasteiger partial charge is 0.256 e. The first-order chi connectivity index (χ1) is 16.9. The Morgan fingerprint density at radius 3 is 2.51 bits per heavy atom. The number of amides is 1. The molecule has 0 spiro atoms. The lowest BCUT2D eigenvalue weighted by Crippen LogP contribution is -2.51. The molecule has 1 aliphatic carbocycles. The van der Waals surface area contributed by atoms with Gasteiger partial charge in [-0.2, -0.15) is 10.2 Å². The van der Waals surface area contributed by atoms with Crippen molar-refractivity contribution in [1.82, 2.24) is 29.9 Å². The van der Waals surface area contributed by atoms with Gasteiger partial charge in [0.05, 0.1) is 41.2 Å². The van der Waals surface area contributed by atoms with Crippen LogP contribution >= 0.6 is 0 Å². The number of benzene rings is 2. The lowest BCUT2D eigenvalue weighted by molar-refractivity contribution is 0.0313. The van der Waals surface area contributed by atoms with Crippen LogP contribution in [0.1, 0.15) is 30.1 Å². The van der Waals surface area contributed by atoms with Crippen molar-refractivity contribution in [2.24, 2.45) is 5.92 Å². The van der Waals surface area contributed by atoms with E-state index in [1.807, 2.05) is 6.92 Å². The molecule has 1 aliphatic heterocycles. The summed E-state index contributed by atoms with van der Waals surface area (Å²) in [6.07, 6.45) is 5.23. The van der Waals surface area contributed by atoms with E-state index in [1.54, 1.807) is 11.0 Å². The van der Waals surface area contributed by atoms with Gasteiger partial charge in [0.15, 0.2) is 17.5 Å². The van der Waals surface area contributed by atoms with Crippen molar-refractivity contribution in [2.75, 3.05) is 0 Å². The standard InChI is InChI=1S/C24H19F3N6O2/c1-12-13-7-20(21(8-13)35-22-11-28-18-9-16(26)17(27)10-19(18)31-22)32(12)24(34)14-3-2-4-15(25)23(14)33-29-5-6-30-33/h2-6,9-13,20-21H,7-8H2,1H3/t12-,13-,20+,21-/m1/s1. The van der Waals surface area contributed by atoms with Gasteiger partial charge in [-0.1, -0.05) is 6.07 Å². The van der Waals surface area contributed by atoms with E-state index in [4.69, 9.17) is 4.74 Å². The van der Waals surface area contributed by atoms with E-state index in [-0.39, 0.29) is 58.2 Å². The van der Waals surface area contributed by atoms with Gasteiger partial charge in [0.2, 0.25) is 5.88 Å². The predicted octanol–water partition coefficient (Wildman–Crippen LogP) is 3.70. The van der Waals surface area contributed by atoms with E-state index in [1.165, 1.54) is 30.7 Å². The zero-order valence-corrected chi connectivity index (χ0v) is 18.5. The monoisotopic (exact) mass is 480 g/mol. The zero-order valence-electron chi connectivity index (χ0n) is 18.5. The van der Waals surface area contributed by atoms with E-state index < -0.39 is 17.5 Å². The van der Waals surface area contributed by atoms with E-state index in [2.05, 4.69) is 20.2 Å². The fourth-order valence-corrected chi connectivity index (χ4v) is 5.26. The van der Waals surface area contributed by atoms with Crippen LogP contribution in [0.4, 0.5) is 13.2 Å². The van der Waals surface area contributed by atoms with Crippen molar-refractivity contribution >= 4 is 16.9 Å². The number of para-hydroxylation sites is 1. The van der Waals surface area contributed by atoms with Crippen molar-refractivity contribution in [3.05, 3.63) is 71.9 Å². The number of piperidine rings is 1. The van der Waals surface area contributed by atoms with Gasteiger partial charge in [-0.3, -0.25) is 4.79 Å². The molecule has 1 saturated carbocycles. The van der Waals surface area contributed by atoms with E-state index in [0.29, 0.717) is 6.42 Å². The van der Waals surface area contributed by atoms with Gasteiger partial charge >= 0.3 is 0 Å². The number of carbonyl (C=O) groups excluding carboxylic acids is 1. The summed E-state index contributed by atoms with van der Waals surface area (Å²) in [5, 5.41) is 7.99. The highest BCUT2D eigenvalue weighted by atomic mass is 19.2. The number of hydrogen-bond acceptors (Lipinski definition) is 6. The van der Waals surface area contributed by atoms with Gasteiger partial charge in [-0.05, 0) is 37.8 Å². The second kappa shape index (κ2) is 8.03. The molecule has 4 aromatic rings. The van der Waals surface area contributed by atoms with E-state index >= 15 is 0 Å². The Morgan fingerprint density at radius 1 is 1.03 bits per heavy atom. The molecule has 35 heavy (non-hydrogen) atoms. The average molecular weight is 480 g/mol. The Bertz CT molecular complexity index is 1450. The lowest BCUT2D eigenvalue weighted by Gasteiger charge is -2.38. The number of aromatic nitrogens is 5. The molecule has 3 heterocycles. The van der Waals surface area contributed by atoms with Crippen LogP contribution in [-0.2, 0) is 0 Å². The number of ether oxygens (including phenoxy) is 1. The third kappa shape index (κ3) is 3.49. The topological polar surface area (TPSA) is 86.0 Å². The van der Waals surface area contributed by atoms with Gasteiger partial charge in [0.25, 0.3) is 5.91 Å². The maximum Gasteiger partial charge on any atom is 0.256 e. The highest BCUT2D eigenvalue weighted by Crippen LogP contribution is 2.45. The Morgan fingerprint density at radius 2 is 1.77 bits per heavy atom. The van der Waals surface area contributed by atoms with Gasteiger partial charge in [0.1, 0.15) is 11.8 Å². The molecule has 1 saturated heterocycles. The maximum atomic E-state index is 14.7. The van der Waals surface area contributed by atoms with Crippen LogP contribution in [0.5, 0.6) is 5.88 Å². The van der Waals surface area contributed by atoms with Crippen molar-refractivity contribution in [3.63, 3.8) is 0 Å². The van der Waals surface area contributed by atoms with Crippen LogP contribution in [-0.4, -0.2) is 54.0 Å². The normalized spacial score (nSPS) is 23.3. The van der Waals surface area contributed by atoms with E-state index in [9.17, 15) is 18.0 Å². The molecular weight excluding hydrogens is 461 g/mol. The third-order valence-electron chi connectivity index (χ3n) is 6.89. The number of hydrogen-bond donors (Lipinski definition) is 0. The number of carbonyl (C=O) groups is 1. The molecule has 0 unspecified atom stereocenters. The van der Waals surface area contributed by atoms with Gasteiger partial charge in [-0.25, -0.2) is 23.1 Å². The minimum absolute atomic E-state index is 0.00963. The summed E-state index contributed by atoms with van der Waals surface area (Å²) in [6, 6.07) is 5.90.